The van der Waals surface area contributed by atoms with Gasteiger partial charge in [0.1, 0.15) is 0 Å². The van der Waals surface area contributed by atoms with E-state index in [9.17, 15) is 0 Å². The molecule has 1 atom stereocenters. The molecule has 2 heteroatoms. The van der Waals surface area contributed by atoms with E-state index in [0.29, 0.717) is 18.5 Å². The standard InChI is InChI=1S/C13H22N2/c1-10(2)11(3)15-9-13-6-4-5-12(7-13)8-14/h4-7,10-11,15H,8-9,14H2,1-3H3. The largest absolute Gasteiger partial charge is 0.326 e. The first-order valence-electron chi connectivity index (χ1n) is 5.64. The Morgan fingerprint density at radius 1 is 1.20 bits per heavy atom. The third-order valence-electron chi connectivity index (χ3n) is 2.86. The van der Waals surface area contributed by atoms with Crippen molar-refractivity contribution in [2.45, 2.75) is 39.9 Å². The summed E-state index contributed by atoms with van der Waals surface area (Å²) in [5.41, 5.74) is 8.11. The van der Waals surface area contributed by atoms with Crippen LogP contribution in [-0.4, -0.2) is 6.04 Å². The lowest BCUT2D eigenvalue weighted by Gasteiger charge is -2.17. The maximum atomic E-state index is 5.60. The zero-order valence-electron chi connectivity index (χ0n) is 9.96. The van der Waals surface area contributed by atoms with Crippen LogP contribution in [0.4, 0.5) is 0 Å². The van der Waals surface area contributed by atoms with Gasteiger partial charge in [0.05, 0.1) is 0 Å². The average molecular weight is 206 g/mol. The minimum absolute atomic E-state index is 0.548. The molecular weight excluding hydrogens is 184 g/mol. The van der Waals surface area contributed by atoms with E-state index >= 15 is 0 Å². The number of nitrogens with one attached hydrogen (secondary N) is 1. The minimum Gasteiger partial charge on any atom is -0.326 e. The molecule has 1 aromatic rings. The molecule has 0 aliphatic heterocycles. The molecule has 1 aromatic carbocycles. The Morgan fingerprint density at radius 2 is 1.87 bits per heavy atom. The first-order valence-corrected chi connectivity index (χ1v) is 5.64. The molecular formula is C13H22N2. The predicted molar refractivity (Wildman–Crippen MR) is 65.5 cm³/mol. The highest BCUT2D eigenvalue weighted by molar-refractivity contribution is 5.23. The molecule has 84 valence electrons. The van der Waals surface area contributed by atoms with Crippen molar-refractivity contribution in [1.29, 1.82) is 0 Å². The Labute approximate surface area is 92.9 Å². The summed E-state index contributed by atoms with van der Waals surface area (Å²) < 4.78 is 0. The molecule has 1 unspecified atom stereocenters. The van der Waals surface area contributed by atoms with Crippen LogP contribution in [0.15, 0.2) is 24.3 Å². The molecule has 3 N–H and O–H groups in total. The van der Waals surface area contributed by atoms with E-state index in [1.54, 1.807) is 0 Å². The maximum Gasteiger partial charge on any atom is 0.0208 e. The molecule has 0 fully saturated rings. The first-order chi connectivity index (χ1) is 7.13. The van der Waals surface area contributed by atoms with Crippen molar-refractivity contribution in [2.75, 3.05) is 0 Å². The molecule has 15 heavy (non-hydrogen) atoms. The van der Waals surface area contributed by atoms with Crippen molar-refractivity contribution >= 4 is 0 Å². The Kier molecular flexibility index (Phi) is 4.79. The van der Waals surface area contributed by atoms with Gasteiger partial charge in [-0.25, -0.2) is 0 Å². The Morgan fingerprint density at radius 3 is 2.47 bits per heavy atom. The molecule has 0 radical (unpaired) electrons. The van der Waals surface area contributed by atoms with E-state index in [-0.39, 0.29) is 0 Å². The lowest BCUT2D eigenvalue weighted by Crippen LogP contribution is -2.30. The van der Waals surface area contributed by atoms with Crippen molar-refractivity contribution in [3.63, 3.8) is 0 Å². The second-order valence-corrected chi connectivity index (χ2v) is 4.44. The topological polar surface area (TPSA) is 38.0 Å². The third kappa shape index (κ3) is 4.02. The number of hydrogen-bond acceptors (Lipinski definition) is 2. The molecule has 2 nitrogen and oxygen atoms in total. The normalized spacial score (nSPS) is 13.1. The lowest BCUT2D eigenvalue weighted by molar-refractivity contribution is 0.426. The number of nitrogens with two attached hydrogens (primary N) is 1. The van der Waals surface area contributed by atoms with Gasteiger partial charge in [0.2, 0.25) is 0 Å². The number of rotatable bonds is 5. The van der Waals surface area contributed by atoms with Gasteiger partial charge in [-0.05, 0) is 24.0 Å². The van der Waals surface area contributed by atoms with Crippen LogP contribution in [0, 0.1) is 5.92 Å². The molecule has 1 rings (SSSR count). The molecule has 0 bridgehead atoms. The van der Waals surface area contributed by atoms with Gasteiger partial charge in [0, 0.05) is 19.1 Å². The van der Waals surface area contributed by atoms with Crippen molar-refractivity contribution in [1.82, 2.24) is 5.32 Å². The lowest BCUT2D eigenvalue weighted by atomic mass is 10.1. The van der Waals surface area contributed by atoms with Gasteiger partial charge >= 0.3 is 0 Å². The van der Waals surface area contributed by atoms with Crippen LogP contribution >= 0.6 is 0 Å². The highest BCUT2D eigenvalue weighted by Gasteiger charge is 2.05. The van der Waals surface area contributed by atoms with E-state index in [4.69, 9.17) is 5.73 Å². The summed E-state index contributed by atoms with van der Waals surface area (Å²) in [6, 6.07) is 8.99. The highest BCUT2D eigenvalue weighted by Crippen LogP contribution is 2.06. The summed E-state index contributed by atoms with van der Waals surface area (Å²) in [4.78, 5) is 0. The summed E-state index contributed by atoms with van der Waals surface area (Å²) >= 11 is 0. The van der Waals surface area contributed by atoms with E-state index in [1.807, 2.05) is 0 Å². The summed E-state index contributed by atoms with van der Waals surface area (Å²) in [5.74, 6) is 0.669. The molecule has 0 aromatic heterocycles. The van der Waals surface area contributed by atoms with Crippen LogP contribution in [0.1, 0.15) is 31.9 Å². The van der Waals surface area contributed by atoms with Gasteiger partial charge in [-0.15, -0.1) is 0 Å². The molecule has 0 saturated heterocycles. The van der Waals surface area contributed by atoms with Gasteiger partial charge < -0.3 is 11.1 Å². The molecule has 0 aliphatic rings. The van der Waals surface area contributed by atoms with Crippen LogP contribution in [0.5, 0.6) is 0 Å². The van der Waals surface area contributed by atoms with Gasteiger partial charge in [-0.2, -0.15) is 0 Å². The fourth-order valence-electron chi connectivity index (χ4n) is 1.38. The van der Waals surface area contributed by atoms with E-state index < -0.39 is 0 Å². The maximum absolute atomic E-state index is 5.60. The summed E-state index contributed by atoms with van der Waals surface area (Å²) in [5, 5.41) is 3.51. The van der Waals surface area contributed by atoms with Crippen LogP contribution in [-0.2, 0) is 13.1 Å². The minimum atomic E-state index is 0.548. The molecule has 0 heterocycles. The van der Waals surface area contributed by atoms with Gasteiger partial charge in [0.25, 0.3) is 0 Å². The fourth-order valence-corrected chi connectivity index (χ4v) is 1.38. The van der Waals surface area contributed by atoms with Crippen LogP contribution < -0.4 is 11.1 Å². The Hall–Kier alpha value is -0.860. The third-order valence-corrected chi connectivity index (χ3v) is 2.86. The zero-order chi connectivity index (χ0) is 11.3. The highest BCUT2D eigenvalue weighted by atomic mass is 14.9. The van der Waals surface area contributed by atoms with E-state index in [1.165, 1.54) is 11.1 Å². The molecule has 0 aliphatic carbocycles. The van der Waals surface area contributed by atoms with Crippen LogP contribution in [0.25, 0.3) is 0 Å². The van der Waals surface area contributed by atoms with Crippen molar-refractivity contribution < 1.29 is 0 Å². The molecule has 0 amide bonds. The molecule has 0 spiro atoms. The van der Waals surface area contributed by atoms with Crippen molar-refractivity contribution in [3.05, 3.63) is 35.4 Å². The van der Waals surface area contributed by atoms with E-state index in [0.717, 1.165) is 6.54 Å². The zero-order valence-corrected chi connectivity index (χ0v) is 9.96. The average Bonchev–Trinajstić information content (AvgIpc) is 2.26. The van der Waals surface area contributed by atoms with E-state index in [2.05, 4.69) is 50.4 Å². The quantitative estimate of drug-likeness (QED) is 0.775. The smallest absolute Gasteiger partial charge is 0.0208 e. The van der Waals surface area contributed by atoms with Crippen molar-refractivity contribution in [2.24, 2.45) is 11.7 Å². The number of benzene rings is 1. The predicted octanol–water partition coefficient (Wildman–Crippen LogP) is 2.28. The first kappa shape index (κ1) is 12.2. The summed E-state index contributed by atoms with van der Waals surface area (Å²) in [6.07, 6.45) is 0. The van der Waals surface area contributed by atoms with Gasteiger partial charge in [-0.3, -0.25) is 0 Å². The van der Waals surface area contributed by atoms with Gasteiger partial charge in [0.15, 0.2) is 0 Å². The second-order valence-electron chi connectivity index (χ2n) is 4.44. The van der Waals surface area contributed by atoms with Crippen LogP contribution in [0.2, 0.25) is 0 Å². The Bertz CT molecular complexity index is 294. The fraction of sp³-hybridized carbons (Fsp3) is 0.538. The second kappa shape index (κ2) is 5.89. The summed E-state index contributed by atoms with van der Waals surface area (Å²) in [6.45, 7) is 8.22. The van der Waals surface area contributed by atoms with Gasteiger partial charge in [-0.1, -0.05) is 38.1 Å². The number of hydrogen-bond donors (Lipinski definition) is 2. The Balaban J connectivity index is 2.50. The monoisotopic (exact) mass is 206 g/mol. The SMILES string of the molecule is CC(C)C(C)NCc1cccc(CN)c1. The van der Waals surface area contributed by atoms with Crippen LogP contribution in [0.3, 0.4) is 0 Å². The molecule has 0 saturated carbocycles. The summed E-state index contributed by atoms with van der Waals surface area (Å²) in [7, 11) is 0. The van der Waals surface area contributed by atoms with Crippen molar-refractivity contribution in [3.8, 4) is 0 Å².